The van der Waals surface area contributed by atoms with Crippen LogP contribution >= 0.6 is 0 Å². The van der Waals surface area contributed by atoms with Gasteiger partial charge < -0.3 is 14.6 Å². The van der Waals surface area contributed by atoms with E-state index in [4.69, 9.17) is 19.1 Å². The minimum absolute atomic E-state index is 0.000287. The van der Waals surface area contributed by atoms with Crippen LogP contribution in [0.15, 0.2) is 12.1 Å². The average Bonchev–Trinajstić information content (AvgIpc) is 2.61. The Morgan fingerprint density at radius 3 is 2.70 bits per heavy atom. The minimum Gasteiger partial charge on any atom is -0.493 e. The molecule has 4 nitrogen and oxygen atoms in total. The van der Waals surface area contributed by atoms with E-state index < -0.39 is 37.4 Å². The maximum absolute atomic E-state index is 10.9. The fraction of sp³-hybridized carbons (Fsp3) is 0.684. The highest BCUT2D eigenvalue weighted by atomic mass is 16.5. The fourth-order valence-corrected chi connectivity index (χ4v) is 3.18. The quantitative estimate of drug-likeness (QED) is 0.923. The van der Waals surface area contributed by atoms with Gasteiger partial charge in [0.2, 0.25) is 0 Å². The van der Waals surface area contributed by atoms with Crippen molar-refractivity contribution in [3.8, 4) is 11.5 Å². The fourth-order valence-electron chi connectivity index (χ4n) is 3.18. The maximum atomic E-state index is 10.9. The second-order valence-electron chi connectivity index (χ2n) is 6.42. The van der Waals surface area contributed by atoms with Gasteiger partial charge in [-0.1, -0.05) is 13.8 Å². The van der Waals surface area contributed by atoms with Gasteiger partial charge in [-0.25, -0.2) is 0 Å². The normalized spacial score (nSPS) is 41.7. The smallest absolute Gasteiger partial charge is 0.161 e. The lowest BCUT2D eigenvalue weighted by molar-refractivity contribution is -0.0191. The summed E-state index contributed by atoms with van der Waals surface area (Å²) in [7, 11) is 2.81. The summed E-state index contributed by atoms with van der Waals surface area (Å²) in [6.07, 6.45) is -4.83. The first-order valence-electron chi connectivity index (χ1n) is 11.4. The van der Waals surface area contributed by atoms with Gasteiger partial charge >= 0.3 is 0 Å². The molecule has 1 fully saturated rings. The monoisotopic (exact) mass is 326 g/mol. The zero-order valence-electron chi connectivity index (χ0n) is 21.0. The van der Waals surface area contributed by atoms with Crippen LogP contribution < -0.4 is 9.47 Å². The molecule has 0 unspecified atom stereocenters. The third-order valence-corrected chi connectivity index (χ3v) is 4.34. The Bertz CT molecular complexity index is 829. The molecule has 2 aliphatic rings. The Hall–Kier alpha value is -1.26. The van der Waals surface area contributed by atoms with Crippen molar-refractivity contribution in [3.05, 3.63) is 23.3 Å². The molecular weight excluding hydrogens is 290 g/mol. The Morgan fingerprint density at radius 1 is 1.35 bits per heavy atom. The van der Waals surface area contributed by atoms with Gasteiger partial charge in [0.15, 0.2) is 11.5 Å². The zero-order valence-corrected chi connectivity index (χ0v) is 14.0. The Balaban J connectivity index is 2.29. The lowest BCUT2D eigenvalue weighted by Crippen LogP contribution is -2.48. The number of fused-ring (bicyclic) bond motifs is 3. The highest BCUT2D eigenvalue weighted by Gasteiger charge is 2.38. The van der Waals surface area contributed by atoms with Gasteiger partial charge in [0, 0.05) is 27.3 Å². The second kappa shape index (κ2) is 6.70. The molecule has 0 saturated carbocycles. The summed E-state index contributed by atoms with van der Waals surface area (Å²) in [4.78, 5) is 0.879. The topological polar surface area (TPSA) is 41.9 Å². The number of piperidine rings is 1. The van der Waals surface area contributed by atoms with E-state index in [0.717, 1.165) is 4.90 Å². The third-order valence-electron chi connectivity index (χ3n) is 4.34. The number of nitrogens with zero attached hydrogens (tertiary/aromatic N) is 1. The third kappa shape index (κ3) is 3.20. The molecule has 128 valence electrons. The van der Waals surface area contributed by atoms with Crippen molar-refractivity contribution in [1.82, 2.24) is 4.90 Å². The van der Waals surface area contributed by atoms with Gasteiger partial charge in [-0.2, -0.15) is 0 Å². The Labute approximate surface area is 149 Å². The van der Waals surface area contributed by atoms with E-state index in [1.165, 1.54) is 26.4 Å². The molecular formula is C19H29NO3. The molecule has 0 aliphatic carbocycles. The molecule has 0 bridgehead atoms. The van der Waals surface area contributed by atoms with Gasteiger partial charge in [-0.15, -0.1) is 0 Å². The van der Waals surface area contributed by atoms with E-state index in [9.17, 15) is 5.11 Å². The number of benzene rings is 1. The molecule has 0 radical (unpaired) electrons. The molecule has 1 aromatic rings. The largest absolute Gasteiger partial charge is 0.493 e. The standard InChI is InChI=1S/C19H29NO3/c1-12(2)7-14-11-20-6-5-13-8-18(22-3)19(23-4)9-15(13)16(20)10-17(14)21/h8-9,12,14,16-17,21H,5-7,10-11H2,1-4H3/t14-,16-,17+/m0/s1/i5D2,6D2,11D2,17D. The number of hydrogen-bond acceptors (Lipinski definition) is 4. The van der Waals surface area contributed by atoms with Crippen molar-refractivity contribution in [3.63, 3.8) is 0 Å². The summed E-state index contributed by atoms with van der Waals surface area (Å²) in [6, 6.07) is 1.80. The molecule has 0 amide bonds. The first-order valence-corrected chi connectivity index (χ1v) is 7.91. The first kappa shape index (κ1) is 9.90. The number of aryl methyl sites for hydroxylation is 1. The predicted octanol–water partition coefficient (Wildman–Crippen LogP) is 3.03. The summed E-state index contributed by atoms with van der Waals surface area (Å²) in [5, 5.41) is 10.9. The molecule has 4 heteroatoms. The van der Waals surface area contributed by atoms with Gasteiger partial charge in [0.05, 0.1) is 21.7 Å². The van der Waals surface area contributed by atoms with Crippen molar-refractivity contribution in [2.24, 2.45) is 11.8 Å². The van der Waals surface area contributed by atoms with Crippen LogP contribution in [0.5, 0.6) is 11.5 Å². The number of methoxy groups -OCH3 is 2. The van der Waals surface area contributed by atoms with Crippen molar-refractivity contribution in [2.45, 2.75) is 45.2 Å². The van der Waals surface area contributed by atoms with Crippen molar-refractivity contribution >= 4 is 0 Å². The molecule has 2 heterocycles. The van der Waals surface area contributed by atoms with E-state index >= 15 is 0 Å². The SMILES string of the molecule is [2H]C1([2H])[C@H](CC(C)C)[C@]([2H])(O)C[C@H]2c3cc(OC)c(OC)cc3C([2H])([2H])C([2H])([2H])N21. The van der Waals surface area contributed by atoms with Crippen LogP contribution in [0.25, 0.3) is 0 Å². The van der Waals surface area contributed by atoms with Crippen LogP contribution in [0.2, 0.25) is 0 Å². The highest BCUT2D eigenvalue weighted by molar-refractivity contribution is 5.49. The summed E-state index contributed by atoms with van der Waals surface area (Å²) < 4.78 is 71.1. The van der Waals surface area contributed by atoms with Crippen molar-refractivity contribution in [1.29, 1.82) is 0 Å². The lowest BCUT2D eigenvalue weighted by atomic mass is 9.79. The van der Waals surface area contributed by atoms with Gasteiger partial charge in [-0.3, -0.25) is 4.90 Å². The van der Waals surface area contributed by atoms with Crippen LogP contribution in [0.3, 0.4) is 0 Å². The first-order chi connectivity index (χ1) is 13.6. The molecule has 3 atom stereocenters. The number of rotatable bonds is 4. The summed E-state index contributed by atoms with van der Waals surface area (Å²) in [6.45, 7) is -1.52. The van der Waals surface area contributed by atoms with E-state index in [-0.39, 0.29) is 41.4 Å². The molecule has 2 aliphatic heterocycles. The second-order valence-corrected chi connectivity index (χ2v) is 6.42. The van der Waals surface area contributed by atoms with E-state index in [1.54, 1.807) is 0 Å². The maximum Gasteiger partial charge on any atom is 0.161 e. The number of hydrogen-bond donors (Lipinski definition) is 1. The summed E-state index contributed by atoms with van der Waals surface area (Å²) >= 11 is 0. The van der Waals surface area contributed by atoms with Crippen LogP contribution in [0.4, 0.5) is 0 Å². The van der Waals surface area contributed by atoms with E-state index in [0.29, 0.717) is 0 Å². The van der Waals surface area contributed by atoms with Crippen molar-refractivity contribution in [2.75, 3.05) is 27.2 Å². The van der Waals surface area contributed by atoms with Crippen molar-refractivity contribution < 1.29 is 24.2 Å². The zero-order chi connectivity index (χ0) is 22.9. The predicted molar refractivity (Wildman–Crippen MR) is 91.1 cm³/mol. The molecule has 3 rings (SSSR count). The van der Waals surface area contributed by atoms with E-state index in [1.807, 2.05) is 13.8 Å². The van der Waals surface area contributed by atoms with Gasteiger partial charge in [0.25, 0.3) is 0 Å². The minimum atomic E-state index is -2.74. The highest BCUT2D eigenvalue weighted by Crippen LogP contribution is 2.43. The van der Waals surface area contributed by atoms with Crippen LogP contribution in [0, 0.1) is 11.8 Å². The molecule has 1 saturated heterocycles. The Kier molecular flexibility index (Phi) is 2.88. The van der Waals surface area contributed by atoms with E-state index in [2.05, 4.69) is 0 Å². The van der Waals surface area contributed by atoms with Crippen LogP contribution in [0.1, 0.15) is 53.5 Å². The van der Waals surface area contributed by atoms with Gasteiger partial charge in [-0.05, 0) is 54.3 Å². The number of aliphatic hydroxyl groups is 1. The van der Waals surface area contributed by atoms with Crippen LogP contribution in [-0.2, 0) is 6.37 Å². The lowest BCUT2D eigenvalue weighted by Gasteiger charge is -2.46. The van der Waals surface area contributed by atoms with Gasteiger partial charge in [0.1, 0.15) is 0 Å². The average molecular weight is 326 g/mol. The number of ether oxygens (including phenoxy) is 2. The molecule has 0 spiro atoms. The summed E-state index contributed by atoms with van der Waals surface area (Å²) in [5.74, 6) is -0.744. The Morgan fingerprint density at radius 2 is 2.04 bits per heavy atom. The molecule has 1 N–H and O–H groups in total. The molecule has 23 heavy (non-hydrogen) atoms. The molecule has 0 aromatic heterocycles. The molecule has 1 aromatic carbocycles. The van der Waals surface area contributed by atoms with Crippen LogP contribution in [-0.4, -0.2) is 43.3 Å². The summed E-state index contributed by atoms with van der Waals surface area (Å²) in [5.41, 5.74) is 0.283.